The molecule has 0 radical (unpaired) electrons. The van der Waals surface area contributed by atoms with Gasteiger partial charge < -0.3 is 14.7 Å². The smallest absolute Gasteiger partial charge is 0.227 e. The standard InChI is InChI=1S/C18H31N7O/c1-22-7-4-16(5-8-22)25-6-2-3-15(13-25)17(26)23-9-11-24(12-10-23)18-19-14-20-21-18/h14-16H,2-13H2,1H3,(H,19,20,21). The highest BCUT2D eigenvalue weighted by Gasteiger charge is 2.34. The summed E-state index contributed by atoms with van der Waals surface area (Å²) in [5.74, 6) is 1.35. The van der Waals surface area contributed by atoms with E-state index in [-0.39, 0.29) is 5.92 Å². The first kappa shape index (κ1) is 17.7. The number of carbonyl (C=O) groups is 1. The van der Waals surface area contributed by atoms with Gasteiger partial charge in [-0.3, -0.25) is 9.69 Å². The van der Waals surface area contributed by atoms with Crippen molar-refractivity contribution in [3.8, 4) is 0 Å². The highest BCUT2D eigenvalue weighted by molar-refractivity contribution is 5.79. The van der Waals surface area contributed by atoms with Gasteiger partial charge in [-0.25, -0.2) is 5.10 Å². The predicted molar refractivity (Wildman–Crippen MR) is 100.0 cm³/mol. The van der Waals surface area contributed by atoms with Crippen LogP contribution < -0.4 is 4.90 Å². The molecule has 0 spiro atoms. The highest BCUT2D eigenvalue weighted by Crippen LogP contribution is 2.25. The highest BCUT2D eigenvalue weighted by atomic mass is 16.2. The molecule has 1 N–H and O–H groups in total. The number of nitrogens with zero attached hydrogens (tertiary/aromatic N) is 6. The third-order valence-corrected chi connectivity index (χ3v) is 6.30. The van der Waals surface area contributed by atoms with Crippen LogP contribution in [-0.4, -0.2) is 101 Å². The van der Waals surface area contributed by atoms with Crippen molar-refractivity contribution in [3.63, 3.8) is 0 Å². The van der Waals surface area contributed by atoms with E-state index in [1.807, 2.05) is 0 Å². The van der Waals surface area contributed by atoms with Gasteiger partial charge in [0.05, 0.1) is 5.92 Å². The Labute approximate surface area is 155 Å². The molecule has 1 amide bonds. The Morgan fingerprint density at radius 1 is 1.08 bits per heavy atom. The van der Waals surface area contributed by atoms with Crippen molar-refractivity contribution in [3.05, 3.63) is 6.33 Å². The molecule has 3 aliphatic rings. The van der Waals surface area contributed by atoms with Crippen LogP contribution in [0, 0.1) is 5.92 Å². The van der Waals surface area contributed by atoms with Gasteiger partial charge in [0, 0.05) is 38.8 Å². The first-order valence-electron chi connectivity index (χ1n) is 10.0. The summed E-state index contributed by atoms with van der Waals surface area (Å²) >= 11 is 0. The summed E-state index contributed by atoms with van der Waals surface area (Å²) in [7, 11) is 2.21. The monoisotopic (exact) mass is 361 g/mol. The van der Waals surface area contributed by atoms with Gasteiger partial charge in [-0.15, -0.1) is 0 Å². The van der Waals surface area contributed by atoms with Crippen molar-refractivity contribution in [1.29, 1.82) is 0 Å². The Kier molecular flexibility index (Phi) is 5.40. The first-order valence-corrected chi connectivity index (χ1v) is 10.0. The molecule has 3 aliphatic heterocycles. The molecule has 3 saturated heterocycles. The first-order chi connectivity index (χ1) is 12.7. The summed E-state index contributed by atoms with van der Waals surface area (Å²) < 4.78 is 0. The number of hydrogen-bond acceptors (Lipinski definition) is 6. The largest absolute Gasteiger partial charge is 0.339 e. The summed E-state index contributed by atoms with van der Waals surface area (Å²) in [6.07, 6.45) is 6.22. The van der Waals surface area contributed by atoms with Crippen LogP contribution in [-0.2, 0) is 4.79 Å². The van der Waals surface area contributed by atoms with E-state index >= 15 is 0 Å². The number of aromatic amines is 1. The van der Waals surface area contributed by atoms with Crippen molar-refractivity contribution < 1.29 is 4.79 Å². The van der Waals surface area contributed by atoms with Gasteiger partial charge >= 0.3 is 0 Å². The summed E-state index contributed by atoms with van der Waals surface area (Å²) in [5.41, 5.74) is 0. The predicted octanol–water partition coefficient (Wildman–Crippen LogP) is 0.260. The van der Waals surface area contributed by atoms with Crippen LogP contribution in [0.1, 0.15) is 25.7 Å². The number of hydrogen-bond donors (Lipinski definition) is 1. The lowest BCUT2D eigenvalue weighted by Gasteiger charge is -2.43. The van der Waals surface area contributed by atoms with Crippen LogP contribution in [0.15, 0.2) is 6.33 Å². The second-order valence-electron chi connectivity index (χ2n) is 7.99. The topological polar surface area (TPSA) is 71.6 Å². The van der Waals surface area contributed by atoms with Gasteiger partial charge in [0.2, 0.25) is 11.9 Å². The number of anilines is 1. The zero-order chi connectivity index (χ0) is 17.9. The van der Waals surface area contributed by atoms with Crippen LogP contribution in [0.25, 0.3) is 0 Å². The number of amides is 1. The van der Waals surface area contributed by atoms with Gasteiger partial charge in [-0.05, 0) is 52.4 Å². The second-order valence-corrected chi connectivity index (χ2v) is 7.99. The minimum absolute atomic E-state index is 0.181. The van der Waals surface area contributed by atoms with E-state index in [0.717, 1.165) is 58.1 Å². The Morgan fingerprint density at radius 2 is 1.85 bits per heavy atom. The number of piperidine rings is 2. The molecule has 1 unspecified atom stereocenters. The molecule has 1 aromatic heterocycles. The SMILES string of the molecule is CN1CCC(N2CCCC(C(=O)N3CCN(c4ncn[nH]4)CC3)C2)CC1. The molecular weight excluding hydrogens is 330 g/mol. The Balaban J connectivity index is 1.29. The molecule has 0 saturated carbocycles. The fraction of sp³-hybridized carbons (Fsp3) is 0.833. The van der Waals surface area contributed by atoms with E-state index in [9.17, 15) is 4.79 Å². The van der Waals surface area contributed by atoms with Gasteiger partial charge in [0.25, 0.3) is 0 Å². The Morgan fingerprint density at radius 3 is 2.54 bits per heavy atom. The minimum atomic E-state index is 0.181. The fourth-order valence-corrected chi connectivity index (χ4v) is 4.65. The maximum Gasteiger partial charge on any atom is 0.227 e. The lowest BCUT2D eigenvalue weighted by molar-refractivity contribution is -0.138. The Bertz CT molecular complexity index is 576. The van der Waals surface area contributed by atoms with Crippen LogP contribution in [0.4, 0.5) is 5.95 Å². The van der Waals surface area contributed by atoms with E-state index < -0.39 is 0 Å². The quantitative estimate of drug-likeness (QED) is 0.833. The molecule has 144 valence electrons. The summed E-state index contributed by atoms with van der Waals surface area (Å²) in [5, 5.41) is 6.83. The molecule has 0 aromatic carbocycles. The molecule has 4 rings (SSSR count). The number of rotatable bonds is 3. The number of H-pyrrole nitrogens is 1. The van der Waals surface area contributed by atoms with Crippen LogP contribution in [0.5, 0.6) is 0 Å². The van der Waals surface area contributed by atoms with Crippen molar-refractivity contribution in [2.24, 2.45) is 5.92 Å². The summed E-state index contributed by atoms with van der Waals surface area (Å²) in [6, 6.07) is 0.671. The van der Waals surface area contributed by atoms with E-state index in [0.29, 0.717) is 11.9 Å². The van der Waals surface area contributed by atoms with E-state index in [2.05, 4.69) is 41.8 Å². The molecule has 26 heavy (non-hydrogen) atoms. The van der Waals surface area contributed by atoms with Crippen molar-refractivity contribution in [2.45, 2.75) is 31.7 Å². The van der Waals surface area contributed by atoms with Crippen LogP contribution >= 0.6 is 0 Å². The van der Waals surface area contributed by atoms with Crippen molar-refractivity contribution >= 4 is 11.9 Å². The zero-order valence-electron chi connectivity index (χ0n) is 15.8. The van der Waals surface area contributed by atoms with Crippen LogP contribution in [0.2, 0.25) is 0 Å². The van der Waals surface area contributed by atoms with E-state index in [1.54, 1.807) is 0 Å². The van der Waals surface area contributed by atoms with Gasteiger partial charge in [0.1, 0.15) is 6.33 Å². The second kappa shape index (κ2) is 7.92. The molecule has 3 fully saturated rings. The lowest BCUT2D eigenvalue weighted by Crippen LogP contribution is -2.54. The molecule has 0 aliphatic carbocycles. The maximum absolute atomic E-state index is 13.1. The average molecular weight is 361 g/mol. The molecule has 4 heterocycles. The molecule has 8 heteroatoms. The number of aromatic nitrogens is 3. The van der Waals surface area contributed by atoms with E-state index in [4.69, 9.17) is 0 Å². The lowest BCUT2D eigenvalue weighted by atomic mass is 9.92. The summed E-state index contributed by atoms with van der Waals surface area (Å²) in [6.45, 7) is 7.70. The number of likely N-dealkylation sites (tertiary alicyclic amines) is 2. The zero-order valence-corrected chi connectivity index (χ0v) is 15.8. The van der Waals surface area contributed by atoms with Gasteiger partial charge in [0.15, 0.2) is 0 Å². The number of carbonyl (C=O) groups excluding carboxylic acids is 1. The molecule has 0 bridgehead atoms. The molecule has 1 aromatic rings. The third-order valence-electron chi connectivity index (χ3n) is 6.30. The normalized spacial score (nSPS) is 27.0. The van der Waals surface area contributed by atoms with Crippen LogP contribution in [0.3, 0.4) is 0 Å². The minimum Gasteiger partial charge on any atom is -0.339 e. The fourth-order valence-electron chi connectivity index (χ4n) is 4.65. The molecule has 1 atom stereocenters. The van der Waals surface area contributed by atoms with Gasteiger partial charge in [-0.1, -0.05) is 0 Å². The van der Waals surface area contributed by atoms with E-state index in [1.165, 1.54) is 32.3 Å². The average Bonchev–Trinajstić information content (AvgIpc) is 3.23. The molecular formula is C18H31N7O. The van der Waals surface area contributed by atoms with Gasteiger partial charge in [-0.2, -0.15) is 10.1 Å². The maximum atomic E-state index is 13.1. The van der Waals surface area contributed by atoms with Crippen molar-refractivity contribution in [2.75, 3.05) is 64.3 Å². The third kappa shape index (κ3) is 3.86. The number of piperazine rings is 1. The number of nitrogens with one attached hydrogen (secondary N) is 1. The Hall–Kier alpha value is -1.67. The molecule has 8 nitrogen and oxygen atoms in total. The van der Waals surface area contributed by atoms with Crippen molar-refractivity contribution in [1.82, 2.24) is 29.9 Å². The summed E-state index contributed by atoms with van der Waals surface area (Å²) in [4.78, 5) is 26.5.